The zero-order valence-corrected chi connectivity index (χ0v) is 20.3. The Morgan fingerprint density at radius 2 is 1.92 bits per heavy atom. The van der Waals surface area contributed by atoms with Gasteiger partial charge in [0.05, 0.1) is 24.7 Å². The summed E-state index contributed by atoms with van der Waals surface area (Å²) in [5.74, 6) is 1.82. The molecule has 36 heavy (non-hydrogen) atoms. The van der Waals surface area contributed by atoms with Crippen molar-refractivity contribution < 1.29 is 9.53 Å². The second-order valence-corrected chi connectivity index (χ2v) is 9.94. The molecule has 186 valence electrons. The highest BCUT2D eigenvalue weighted by molar-refractivity contribution is 6.08. The van der Waals surface area contributed by atoms with Gasteiger partial charge in [-0.2, -0.15) is 0 Å². The van der Waals surface area contributed by atoms with Gasteiger partial charge in [-0.05, 0) is 60.1 Å². The Morgan fingerprint density at radius 3 is 2.67 bits per heavy atom. The summed E-state index contributed by atoms with van der Waals surface area (Å²) < 4.78 is 5.40. The smallest absolute Gasteiger partial charge is 0.280 e. The van der Waals surface area contributed by atoms with Crippen molar-refractivity contribution in [2.75, 3.05) is 48.0 Å². The number of hydrogen-bond donors (Lipinski definition) is 3. The Morgan fingerprint density at radius 1 is 1.11 bits per heavy atom. The van der Waals surface area contributed by atoms with E-state index in [0.717, 1.165) is 49.5 Å². The molecular formula is C26H30N8O2. The van der Waals surface area contributed by atoms with E-state index in [1.165, 1.54) is 11.1 Å². The summed E-state index contributed by atoms with van der Waals surface area (Å²) in [7, 11) is 1.68. The molecule has 0 saturated carbocycles. The minimum absolute atomic E-state index is 0.0194. The summed E-state index contributed by atoms with van der Waals surface area (Å²) in [6.45, 7) is 2.11. The van der Waals surface area contributed by atoms with Crippen LogP contribution in [0.5, 0.6) is 5.75 Å². The summed E-state index contributed by atoms with van der Waals surface area (Å²) in [6, 6.07) is 9.71. The fourth-order valence-electron chi connectivity index (χ4n) is 5.97. The number of piperidine rings is 1. The summed E-state index contributed by atoms with van der Waals surface area (Å²) >= 11 is 0. The van der Waals surface area contributed by atoms with Crippen LogP contribution < -0.4 is 31.7 Å². The second-order valence-electron chi connectivity index (χ2n) is 9.94. The van der Waals surface area contributed by atoms with Crippen molar-refractivity contribution in [3.8, 4) is 5.75 Å². The van der Waals surface area contributed by atoms with Crippen LogP contribution in [-0.2, 0) is 12.8 Å². The van der Waals surface area contributed by atoms with Gasteiger partial charge in [0.25, 0.3) is 5.91 Å². The van der Waals surface area contributed by atoms with E-state index in [1.807, 2.05) is 12.1 Å². The number of nitrogen functional groups attached to an aromatic ring is 2. The molecule has 3 aromatic rings. The highest BCUT2D eigenvalue weighted by Crippen LogP contribution is 2.51. The maximum atomic E-state index is 13.2. The zero-order chi connectivity index (χ0) is 25.0. The fraction of sp³-hybridized carbons (Fsp3) is 0.385. The SMILES string of the molecule is COc1ccc2c(c1)C(N)C1(CCN(c3cnc(C(=O)N4CCc5nc(N)ccc54)c(N)n3)CC1)C2. The molecule has 2 aromatic heterocycles. The van der Waals surface area contributed by atoms with Gasteiger partial charge >= 0.3 is 0 Å². The number of carbonyl (C=O) groups is 1. The molecule has 10 heteroatoms. The van der Waals surface area contributed by atoms with Gasteiger partial charge in [0, 0.05) is 32.1 Å². The van der Waals surface area contributed by atoms with Gasteiger partial charge < -0.3 is 31.7 Å². The number of ether oxygens (including phenoxy) is 1. The van der Waals surface area contributed by atoms with Gasteiger partial charge in [-0.3, -0.25) is 4.79 Å². The number of carbonyl (C=O) groups excluding carboxylic acids is 1. The number of benzene rings is 1. The van der Waals surface area contributed by atoms with Crippen molar-refractivity contribution in [1.29, 1.82) is 0 Å². The Balaban J connectivity index is 1.16. The molecule has 1 aromatic carbocycles. The van der Waals surface area contributed by atoms with E-state index < -0.39 is 0 Å². The molecule has 0 bridgehead atoms. The molecule has 4 heterocycles. The summed E-state index contributed by atoms with van der Waals surface area (Å²) in [5.41, 5.74) is 23.0. The van der Waals surface area contributed by atoms with Crippen LogP contribution in [0.1, 0.15) is 46.2 Å². The Hall–Kier alpha value is -3.92. The standard InChI is InChI=1S/C26H30N8O2/c1-36-16-3-2-15-13-26(23(28)17(15)12-16)7-10-33(11-8-26)21-14-30-22(24(29)32-21)25(35)34-9-6-18-19(34)4-5-20(27)31-18/h2-5,12,14,23H,6-11,13,28H2,1H3,(H2,27,31)(H2,29,32). The quantitative estimate of drug-likeness (QED) is 0.506. The van der Waals surface area contributed by atoms with Crippen LogP contribution in [0.3, 0.4) is 0 Å². The minimum Gasteiger partial charge on any atom is -0.497 e. The lowest BCUT2D eigenvalue weighted by atomic mass is 9.73. The number of aromatic nitrogens is 3. The van der Waals surface area contributed by atoms with Crippen molar-refractivity contribution in [2.45, 2.75) is 31.7 Å². The number of anilines is 4. The summed E-state index contributed by atoms with van der Waals surface area (Å²) in [6.07, 6.45) is 5.14. The van der Waals surface area contributed by atoms with Crippen LogP contribution >= 0.6 is 0 Å². The minimum atomic E-state index is -0.278. The Bertz CT molecular complexity index is 1350. The monoisotopic (exact) mass is 486 g/mol. The third-order valence-electron chi connectivity index (χ3n) is 8.04. The lowest BCUT2D eigenvalue weighted by Crippen LogP contribution is -2.44. The lowest BCUT2D eigenvalue weighted by molar-refractivity contribution is 0.0985. The van der Waals surface area contributed by atoms with E-state index >= 15 is 0 Å². The van der Waals surface area contributed by atoms with Crippen LogP contribution in [0.4, 0.5) is 23.1 Å². The number of hydrogen-bond acceptors (Lipinski definition) is 9. The largest absolute Gasteiger partial charge is 0.497 e. The molecule has 0 radical (unpaired) electrons. The third-order valence-corrected chi connectivity index (χ3v) is 8.04. The predicted octanol–water partition coefficient (Wildman–Crippen LogP) is 2.09. The average molecular weight is 487 g/mol. The topological polar surface area (TPSA) is 150 Å². The first-order valence-corrected chi connectivity index (χ1v) is 12.3. The normalized spacial score (nSPS) is 19.9. The highest BCUT2D eigenvalue weighted by atomic mass is 16.5. The molecule has 1 amide bonds. The Labute approximate surface area is 209 Å². The fourth-order valence-corrected chi connectivity index (χ4v) is 5.97. The number of methoxy groups -OCH3 is 1. The van der Waals surface area contributed by atoms with Gasteiger partial charge in [-0.1, -0.05) is 6.07 Å². The van der Waals surface area contributed by atoms with Crippen LogP contribution in [0.2, 0.25) is 0 Å². The van der Waals surface area contributed by atoms with Crippen molar-refractivity contribution >= 4 is 29.0 Å². The van der Waals surface area contributed by atoms with Crippen molar-refractivity contribution in [2.24, 2.45) is 11.1 Å². The van der Waals surface area contributed by atoms with Crippen LogP contribution in [0, 0.1) is 5.41 Å². The first-order valence-electron chi connectivity index (χ1n) is 12.3. The number of nitrogens with two attached hydrogens (primary N) is 3. The van der Waals surface area contributed by atoms with E-state index in [9.17, 15) is 4.79 Å². The lowest BCUT2D eigenvalue weighted by Gasteiger charge is -2.42. The third kappa shape index (κ3) is 3.51. The van der Waals surface area contributed by atoms with E-state index in [-0.39, 0.29) is 28.9 Å². The highest BCUT2D eigenvalue weighted by Gasteiger charge is 2.46. The van der Waals surface area contributed by atoms with E-state index in [0.29, 0.717) is 24.6 Å². The van der Waals surface area contributed by atoms with Crippen molar-refractivity contribution in [3.63, 3.8) is 0 Å². The first-order chi connectivity index (χ1) is 17.4. The van der Waals surface area contributed by atoms with Gasteiger partial charge in [0.1, 0.15) is 17.4 Å². The van der Waals surface area contributed by atoms with Crippen molar-refractivity contribution in [1.82, 2.24) is 15.0 Å². The molecule has 6 rings (SSSR count). The van der Waals surface area contributed by atoms with E-state index in [4.69, 9.17) is 21.9 Å². The molecule has 2 aliphatic heterocycles. The number of fused-ring (bicyclic) bond motifs is 2. The maximum absolute atomic E-state index is 13.2. The number of nitrogens with zero attached hydrogens (tertiary/aromatic N) is 5. The van der Waals surface area contributed by atoms with Crippen LogP contribution in [0.15, 0.2) is 36.5 Å². The molecule has 10 nitrogen and oxygen atoms in total. The molecular weight excluding hydrogens is 456 g/mol. The number of pyridine rings is 1. The molecule has 1 fully saturated rings. The molecule has 1 saturated heterocycles. The molecule has 3 aliphatic rings. The first kappa shape index (κ1) is 22.5. The van der Waals surface area contributed by atoms with E-state index in [1.54, 1.807) is 24.3 Å². The van der Waals surface area contributed by atoms with Crippen LogP contribution in [0.25, 0.3) is 0 Å². The van der Waals surface area contributed by atoms with Gasteiger partial charge in [0.15, 0.2) is 11.5 Å². The molecule has 1 aliphatic carbocycles. The van der Waals surface area contributed by atoms with Gasteiger partial charge in [0.2, 0.25) is 0 Å². The summed E-state index contributed by atoms with van der Waals surface area (Å²) in [4.78, 5) is 30.4. The number of amides is 1. The second kappa shape index (κ2) is 8.34. The zero-order valence-electron chi connectivity index (χ0n) is 20.3. The molecule has 1 spiro atoms. The predicted molar refractivity (Wildman–Crippen MR) is 138 cm³/mol. The average Bonchev–Trinajstić information content (AvgIpc) is 3.42. The molecule has 6 N–H and O–H groups in total. The van der Waals surface area contributed by atoms with Gasteiger partial charge in [-0.25, -0.2) is 15.0 Å². The van der Waals surface area contributed by atoms with E-state index in [2.05, 4.69) is 32.0 Å². The Kier molecular flexibility index (Phi) is 5.22. The molecule has 1 atom stereocenters. The summed E-state index contributed by atoms with van der Waals surface area (Å²) in [5, 5.41) is 0. The number of rotatable bonds is 3. The molecule has 1 unspecified atom stereocenters. The maximum Gasteiger partial charge on any atom is 0.280 e. The van der Waals surface area contributed by atoms with Gasteiger partial charge in [-0.15, -0.1) is 0 Å². The van der Waals surface area contributed by atoms with Crippen LogP contribution in [-0.4, -0.2) is 47.6 Å². The van der Waals surface area contributed by atoms with Crippen molar-refractivity contribution in [3.05, 3.63) is 59.0 Å².